The standard InChI is InChI=1S/C16H25N3OS/c1-12(2)10-17-11-14-16(21-13(3)7-9-20)18-15-6-4-5-8-19(14)15/h4-6,8,12-13,17,20H,7,9-11H2,1-3H3. The predicted molar refractivity (Wildman–Crippen MR) is 88.8 cm³/mol. The summed E-state index contributed by atoms with van der Waals surface area (Å²) in [5.74, 6) is 0.633. The maximum atomic E-state index is 9.07. The van der Waals surface area contributed by atoms with E-state index in [1.165, 1.54) is 5.69 Å². The predicted octanol–water partition coefficient (Wildman–Crippen LogP) is 2.94. The Labute approximate surface area is 131 Å². The van der Waals surface area contributed by atoms with Gasteiger partial charge in [0, 0.05) is 24.6 Å². The van der Waals surface area contributed by atoms with Crippen molar-refractivity contribution in [3.63, 3.8) is 0 Å². The number of thioether (sulfide) groups is 1. The van der Waals surface area contributed by atoms with Gasteiger partial charge in [0.2, 0.25) is 0 Å². The Morgan fingerprint density at radius 3 is 2.86 bits per heavy atom. The molecule has 0 aromatic carbocycles. The molecule has 21 heavy (non-hydrogen) atoms. The fourth-order valence-electron chi connectivity index (χ4n) is 2.19. The second-order valence-electron chi connectivity index (χ2n) is 5.76. The highest BCUT2D eigenvalue weighted by Crippen LogP contribution is 2.28. The zero-order chi connectivity index (χ0) is 15.2. The van der Waals surface area contributed by atoms with E-state index in [1.807, 2.05) is 18.2 Å². The molecule has 0 aliphatic heterocycles. The molecule has 116 valence electrons. The van der Waals surface area contributed by atoms with Crippen LogP contribution in [0.15, 0.2) is 29.4 Å². The summed E-state index contributed by atoms with van der Waals surface area (Å²) in [6, 6.07) is 6.08. The second-order valence-corrected chi connectivity index (χ2v) is 7.19. The Bertz CT molecular complexity index is 568. The molecule has 0 amide bonds. The fourth-order valence-corrected chi connectivity index (χ4v) is 3.25. The smallest absolute Gasteiger partial charge is 0.138 e. The summed E-state index contributed by atoms with van der Waals surface area (Å²) in [7, 11) is 0. The molecule has 2 N–H and O–H groups in total. The van der Waals surface area contributed by atoms with Crippen molar-refractivity contribution in [2.45, 2.75) is 44.0 Å². The maximum Gasteiger partial charge on any atom is 0.138 e. The summed E-state index contributed by atoms with van der Waals surface area (Å²) in [6.07, 6.45) is 2.85. The topological polar surface area (TPSA) is 49.6 Å². The highest BCUT2D eigenvalue weighted by atomic mass is 32.2. The molecule has 0 saturated carbocycles. The number of aliphatic hydroxyl groups is 1. The third-order valence-electron chi connectivity index (χ3n) is 3.29. The summed E-state index contributed by atoms with van der Waals surface area (Å²) in [6.45, 7) is 8.59. The number of rotatable bonds is 8. The highest BCUT2D eigenvalue weighted by molar-refractivity contribution is 7.99. The zero-order valence-electron chi connectivity index (χ0n) is 13.0. The third-order valence-corrected chi connectivity index (χ3v) is 4.47. The average molecular weight is 307 g/mol. The lowest BCUT2D eigenvalue weighted by molar-refractivity contribution is 0.289. The largest absolute Gasteiger partial charge is 0.396 e. The van der Waals surface area contributed by atoms with Gasteiger partial charge in [0.1, 0.15) is 10.7 Å². The van der Waals surface area contributed by atoms with Gasteiger partial charge in [-0.25, -0.2) is 4.98 Å². The van der Waals surface area contributed by atoms with Gasteiger partial charge in [0.15, 0.2) is 0 Å². The van der Waals surface area contributed by atoms with Gasteiger partial charge < -0.3 is 14.8 Å². The summed E-state index contributed by atoms with van der Waals surface area (Å²) in [5.41, 5.74) is 2.19. The van der Waals surface area contributed by atoms with Crippen LogP contribution in [0.5, 0.6) is 0 Å². The first-order chi connectivity index (χ1) is 10.1. The molecule has 4 nitrogen and oxygen atoms in total. The van der Waals surface area contributed by atoms with Crippen LogP contribution in [0.2, 0.25) is 0 Å². The minimum atomic E-state index is 0.225. The van der Waals surface area contributed by atoms with Crippen molar-refractivity contribution in [1.82, 2.24) is 14.7 Å². The van der Waals surface area contributed by atoms with Crippen LogP contribution < -0.4 is 5.32 Å². The van der Waals surface area contributed by atoms with Crippen LogP contribution in [0, 0.1) is 5.92 Å². The van der Waals surface area contributed by atoms with E-state index in [0.29, 0.717) is 11.2 Å². The van der Waals surface area contributed by atoms with E-state index in [9.17, 15) is 0 Å². The summed E-state index contributed by atoms with van der Waals surface area (Å²) < 4.78 is 2.15. The van der Waals surface area contributed by atoms with E-state index in [0.717, 1.165) is 30.2 Å². The number of aliphatic hydroxyl groups excluding tert-OH is 1. The van der Waals surface area contributed by atoms with Gasteiger partial charge in [0.05, 0.1) is 5.69 Å². The molecule has 0 radical (unpaired) electrons. The van der Waals surface area contributed by atoms with Gasteiger partial charge in [0.25, 0.3) is 0 Å². The van der Waals surface area contributed by atoms with Crippen molar-refractivity contribution in [3.8, 4) is 0 Å². The number of hydrogen-bond donors (Lipinski definition) is 2. The van der Waals surface area contributed by atoms with Gasteiger partial charge in [-0.2, -0.15) is 0 Å². The van der Waals surface area contributed by atoms with Crippen LogP contribution in [0.1, 0.15) is 32.9 Å². The normalized spacial score (nSPS) is 13.2. The van der Waals surface area contributed by atoms with E-state index in [2.05, 4.69) is 36.7 Å². The van der Waals surface area contributed by atoms with Gasteiger partial charge in [-0.15, -0.1) is 11.8 Å². The Balaban J connectivity index is 2.21. The lowest BCUT2D eigenvalue weighted by Gasteiger charge is -2.11. The molecule has 2 aromatic heterocycles. The van der Waals surface area contributed by atoms with Crippen LogP contribution in [0.3, 0.4) is 0 Å². The molecule has 2 heterocycles. The Kier molecular flexibility index (Phi) is 6.08. The molecular formula is C16H25N3OS. The van der Waals surface area contributed by atoms with E-state index < -0.39 is 0 Å². The summed E-state index contributed by atoms with van der Waals surface area (Å²) >= 11 is 1.75. The molecule has 0 saturated heterocycles. The van der Waals surface area contributed by atoms with Gasteiger partial charge in [-0.1, -0.05) is 26.8 Å². The monoisotopic (exact) mass is 307 g/mol. The lowest BCUT2D eigenvalue weighted by Crippen LogP contribution is -2.20. The average Bonchev–Trinajstić information content (AvgIpc) is 2.76. The fraction of sp³-hybridized carbons (Fsp3) is 0.562. The Morgan fingerprint density at radius 2 is 2.14 bits per heavy atom. The summed E-state index contributed by atoms with van der Waals surface area (Å²) in [4.78, 5) is 4.74. The SMILES string of the molecule is CC(C)CNCc1c(SC(C)CCO)nc2ccccn12. The van der Waals surface area contributed by atoms with Gasteiger partial charge in [-0.3, -0.25) is 0 Å². The molecule has 2 rings (SSSR count). The molecule has 5 heteroatoms. The van der Waals surface area contributed by atoms with Crippen molar-refractivity contribution in [1.29, 1.82) is 0 Å². The highest BCUT2D eigenvalue weighted by Gasteiger charge is 2.15. The van der Waals surface area contributed by atoms with Crippen LogP contribution in [-0.4, -0.2) is 32.9 Å². The molecule has 0 fully saturated rings. The first kappa shape index (κ1) is 16.3. The number of nitrogens with zero attached hydrogens (tertiary/aromatic N) is 2. The summed E-state index contributed by atoms with van der Waals surface area (Å²) in [5, 5.41) is 14.0. The second kappa shape index (κ2) is 7.82. The first-order valence-corrected chi connectivity index (χ1v) is 8.44. The van der Waals surface area contributed by atoms with Crippen molar-refractivity contribution >= 4 is 17.4 Å². The first-order valence-electron chi connectivity index (χ1n) is 7.56. The van der Waals surface area contributed by atoms with Crippen molar-refractivity contribution in [3.05, 3.63) is 30.1 Å². The quantitative estimate of drug-likeness (QED) is 0.736. The van der Waals surface area contributed by atoms with Gasteiger partial charge in [-0.05, 0) is 31.0 Å². The molecule has 0 bridgehead atoms. The van der Waals surface area contributed by atoms with Gasteiger partial charge >= 0.3 is 0 Å². The van der Waals surface area contributed by atoms with E-state index in [1.54, 1.807) is 11.8 Å². The maximum absolute atomic E-state index is 9.07. The number of hydrogen-bond acceptors (Lipinski definition) is 4. The number of aromatic nitrogens is 2. The zero-order valence-corrected chi connectivity index (χ0v) is 13.9. The van der Waals surface area contributed by atoms with E-state index >= 15 is 0 Å². The number of pyridine rings is 1. The lowest BCUT2D eigenvalue weighted by atomic mass is 10.2. The molecule has 0 spiro atoms. The van der Waals surface area contributed by atoms with Crippen LogP contribution in [0.4, 0.5) is 0 Å². The minimum absolute atomic E-state index is 0.225. The number of nitrogens with one attached hydrogen (secondary N) is 1. The van der Waals surface area contributed by atoms with E-state index in [4.69, 9.17) is 10.1 Å². The van der Waals surface area contributed by atoms with Crippen molar-refractivity contribution in [2.75, 3.05) is 13.2 Å². The molecule has 1 unspecified atom stereocenters. The molecule has 0 aliphatic rings. The Morgan fingerprint density at radius 1 is 1.33 bits per heavy atom. The van der Waals surface area contributed by atoms with Crippen molar-refractivity contribution < 1.29 is 5.11 Å². The molecule has 1 atom stereocenters. The molecular weight excluding hydrogens is 282 g/mol. The van der Waals surface area contributed by atoms with Crippen LogP contribution >= 0.6 is 11.8 Å². The third kappa shape index (κ3) is 4.46. The Hall–Kier alpha value is -1.04. The minimum Gasteiger partial charge on any atom is -0.396 e. The molecule has 0 aliphatic carbocycles. The number of fused-ring (bicyclic) bond motifs is 1. The number of imidazole rings is 1. The van der Waals surface area contributed by atoms with Crippen LogP contribution in [0.25, 0.3) is 5.65 Å². The van der Waals surface area contributed by atoms with Crippen LogP contribution in [-0.2, 0) is 6.54 Å². The van der Waals surface area contributed by atoms with Crippen molar-refractivity contribution in [2.24, 2.45) is 5.92 Å². The van der Waals surface area contributed by atoms with E-state index in [-0.39, 0.29) is 6.61 Å². The molecule has 2 aromatic rings.